The van der Waals surface area contributed by atoms with E-state index in [0.717, 1.165) is 24.4 Å². The Morgan fingerprint density at radius 2 is 2.00 bits per heavy atom. The van der Waals surface area contributed by atoms with Gasteiger partial charge in [0.1, 0.15) is 5.82 Å². The van der Waals surface area contributed by atoms with Crippen LogP contribution in [0.5, 0.6) is 0 Å². The molecule has 90 valence electrons. The van der Waals surface area contributed by atoms with Crippen LogP contribution in [0.2, 0.25) is 0 Å². The van der Waals surface area contributed by atoms with Crippen LogP contribution in [0.4, 0.5) is 0 Å². The summed E-state index contributed by atoms with van der Waals surface area (Å²) in [5.74, 6) is 1.75. The molecule has 1 aromatic carbocycles. The summed E-state index contributed by atoms with van der Waals surface area (Å²) in [7, 11) is 0. The number of rotatable bonds is 1. The zero-order valence-electron chi connectivity index (χ0n) is 10.7. The lowest BCUT2D eigenvalue weighted by Crippen LogP contribution is -2.39. The first kappa shape index (κ1) is 10.8. The van der Waals surface area contributed by atoms with E-state index in [-0.39, 0.29) is 5.41 Å². The van der Waals surface area contributed by atoms with Crippen LogP contribution in [0.1, 0.15) is 38.1 Å². The van der Waals surface area contributed by atoms with Crippen molar-refractivity contribution in [1.82, 2.24) is 15.3 Å². The highest BCUT2D eigenvalue weighted by Crippen LogP contribution is 2.26. The Labute approximate surface area is 102 Å². The van der Waals surface area contributed by atoms with Crippen LogP contribution >= 0.6 is 0 Å². The number of imidazole rings is 1. The Kier molecular flexibility index (Phi) is 2.26. The second-order valence-electron chi connectivity index (χ2n) is 5.97. The van der Waals surface area contributed by atoms with E-state index < -0.39 is 0 Å². The molecule has 1 fully saturated rings. The Balaban J connectivity index is 2.04. The number of hydrogen-bond donors (Lipinski definition) is 2. The van der Waals surface area contributed by atoms with Gasteiger partial charge in [0.2, 0.25) is 0 Å². The lowest BCUT2D eigenvalue weighted by Gasteiger charge is -2.27. The fourth-order valence-electron chi connectivity index (χ4n) is 2.16. The van der Waals surface area contributed by atoms with Crippen LogP contribution in [0.3, 0.4) is 0 Å². The van der Waals surface area contributed by atoms with Crippen molar-refractivity contribution in [3.8, 4) is 0 Å². The molecule has 1 aliphatic heterocycles. The molecule has 1 aliphatic rings. The monoisotopic (exact) mass is 229 g/mol. The minimum absolute atomic E-state index is 0.0806. The van der Waals surface area contributed by atoms with E-state index in [1.807, 2.05) is 0 Å². The van der Waals surface area contributed by atoms with Crippen LogP contribution in [-0.4, -0.2) is 23.1 Å². The fraction of sp³-hybridized carbons (Fsp3) is 0.500. The summed E-state index contributed by atoms with van der Waals surface area (Å²) in [4.78, 5) is 8.10. The van der Waals surface area contributed by atoms with Gasteiger partial charge in [-0.1, -0.05) is 26.8 Å². The predicted molar refractivity (Wildman–Crippen MR) is 70.4 cm³/mol. The fourth-order valence-corrected chi connectivity index (χ4v) is 2.16. The molecular weight excluding hydrogens is 210 g/mol. The van der Waals surface area contributed by atoms with Gasteiger partial charge in [0.15, 0.2) is 0 Å². The van der Waals surface area contributed by atoms with Gasteiger partial charge in [-0.15, -0.1) is 0 Å². The van der Waals surface area contributed by atoms with Gasteiger partial charge >= 0.3 is 0 Å². The number of benzene rings is 1. The number of aromatic nitrogens is 2. The van der Waals surface area contributed by atoms with Crippen molar-refractivity contribution in [2.75, 3.05) is 13.1 Å². The molecule has 3 heteroatoms. The third kappa shape index (κ3) is 1.84. The molecule has 0 atom stereocenters. The largest absolute Gasteiger partial charge is 0.342 e. The quantitative estimate of drug-likeness (QED) is 0.789. The Hall–Kier alpha value is -1.35. The maximum absolute atomic E-state index is 4.66. The molecule has 0 aliphatic carbocycles. The predicted octanol–water partition coefficient (Wildman–Crippen LogP) is 2.55. The molecule has 0 bridgehead atoms. The first-order valence-electron chi connectivity index (χ1n) is 6.25. The van der Waals surface area contributed by atoms with Crippen molar-refractivity contribution in [2.45, 2.75) is 32.1 Å². The van der Waals surface area contributed by atoms with Gasteiger partial charge in [-0.25, -0.2) is 4.98 Å². The molecular formula is C14H19N3. The van der Waals surface area contributed by atoms with Crippen LogP contribution < -0.4 is 5.32 Å². The highest BCUT2D eigenvalue weighted by molar-refractivity contribution is 5.76. The Bertz CT molecular complexity index is 544. The Morgan fingerprint density at radius 3 is 2.59 bits per heavy atom. The van der Waals surface area contributed by atoms with E-state index in [4.69, 9.17) is 0 Å². The number of aromatic amines is 1. The maximum Gasteiger partial charge on any atom is 0.112 e. The minimum Gasteiger partial charge on any atom is -0.342 e. The van der Waals surface area contributed by atoms with Gasteiger partial charge in [0, 0.05) is 24.4 Å². The van der Waals surface area contributed by atoms with Gasteiger partial charge in [0.05, 0.1) is 11.0 Å². The number of H-pyrrole nitrogens is 1. The SMILES string of the molecule is CC(C)(C)c1nc2ccc(C3CNC3)cc2[nH]1. The number of fused-ring (bicyclic) bond motifs is 1. The van der Waals surface area contributed by atoms with Gasteiger partial charge in [-0.2, -0.15) is 0 Å². The number of hydrogen-bond acceptors (Lipinski definition) is 2. The third-order valence-corrected chi connectivity index (χ3v) is 3.47. The summed E-state index contributed by atoms with van der Waals surface area (Å²) in [6.45, 7) is 8.75. The van der Waals surface area contributed by atoms with Crippen molar-refractivity contribution >= 4 is 11.0 Å². The van der Waals surface area contributed by atoms with E-state index in [2.05, 4.69) is 54.3 Å². The van der Waals surface area contributed by atoms with Gasteiger partial charge < -0.3 is 10.3 Å². The molecule has 3 nitrogen and oxygen atoms in total. The van der Waals surface area contributed by atoms with E-state index in [1.165, 1.54) is 11.1 Å². The Morgan fingerprint density at radius 1 is 1.24 bits per heavy atom. The average Bonchev–Trinajstić information content (AvgIpc) is 2.57. The molecule has 3 rings (SSSR count). The van der Waals surface area contributed by atoms with Gasteiger partial charge in [0.25, 0.3) is 0 Å². The van der Waals surface area contributed by atoms with Crippen LogP contribution in [0, 0.1) is 0 Å². The van der Waals surface area contributed by atoms with Crippen molar-refractivity contribution < 1.29 is 0 Å². The van der Waals surface area contributed by atoms with Crippen LogP contribution in [0.15, 0.2) is 18.2 Å². The van der Waals surface area contributed by atoms with E-state index >= 15 is 0 Å². The highest BCUT2D eigenvalue weighted by atomic mass is 15.0. The molecule has 0 saturated carbocycles. The van der Waals surface area contributed by atoms with Crippen molar-refractivity contribution in [1.29, 1.82) is 0 Å². The number of nitrogens with one attached hydrogen (secondary N) is 2. The molecule has 2 aromatic rings. The number of nitrogens with zero attached hydrogens (tertiary/aromatic N) is 1. The molecule has 0 amide bonds. The lowest BCUT2D eigenvalue weighted by molar-refractivity contribution is 0.448. The topological polar surface area (TPSA) is 40.7 Å². The molecule has 0 spiro atoms. The second kappa shape index (κ2) is 3.57. The normalized spacial score (nSPS) is 17.4. The minimum atomic E-state index is 0.0806. The highest BCUT2D eigenvalue weighted by Gasteiger charge is 2.21. The van der Waals surface area contributed by atoms with Gasteiger partial charge in [-0.05, 0) is 17.7 Å². The molecule has 2 heterocycles. The summed E-state index contributed by atoms with van der Waals surface area (Å²) in [5, 5.41) is 3.31. The average molecular weight is 229 g/mol. The van der Waals surface area contributed by atoms with Crippen molar-refractivity contribution in [3.05, 3.63) is 29.6 Å². The van der Waals surface area contributed by atoms with Crippen molar-refractivity contribution in [2.24, 2.45) is 0 Å². The van der Waals surface area contributed by atoms with E-state index in [9.17, 15) is 0 Å². The summed E-state index contributed by atoms with van der Waals surface area (Å²) in [6.07, 6.45) is 0. The lowest BCUT2D eigenvalue weighted by atomic mass is 9.93. The van der Waals surface area contributed by atoms with Crippen molar-refractivity contribution in [3.63, 3.8) is 0 Å². The maximum atomic E-state index is 4.66. The standard InChI is InChI=1S/C14H19N3/c1-14(2,3)13-16-11-5-4-9(6-12(11)17-13)10-7-15-8-10/h4-6,10,15H,7-8H2,1-3H3,(H,16,17). The van der Waals surface area contributed by atoms with Crippen LogP contribution in [0.25, 0.3) is 11.0 Å². The van der Waals surface area contributed by atoms with Crippen LogP contribution in [-0.2, 0) is 5.41 Å². The first-order valence-corrected chi connectivity index (χ1v) is 6.25. The zero-order valence-corrected chi connectivity index (χ0v) is 10.7. The molecule has 17 heavy (non-hydrogen) atoms. The molecule has 0 radical (unpaired) electrons. The van der Waals surface area contributed by atoms with E-state index in [0.29, 0.717) is 5.92 Å². The van der Waals surface area contributed by atoms with E-state index in [1.54, 1.807) is 0 Å². The third-order valence-electron chi connectivity index (χ3n) is 3.47. The molecule has 1 aromatic heterocycles. The molecule has 0 unspecified atom stereocenters. The molecule has 2 N–H and O–H groups in total. The summed E-state index contributed by atoms with van der Waals surface area (Å²) in [5.41, 5.74) is 3.74. The second-order valence-corrected chi connectivity index (χ2v) is 5.97. The van der Waals surface area contributed by atoms with Gasteiger partial charge in [-0.3, -0.25) is 0 Å². The summed E-state index contributed by atoms with van der Waals surface area (Å²) >= 11 is 0. The zero-order chi connectivity index (χ0) is 12.0. The summed E-state index contributed by atoms with van der Waals surface area (Å²) < 4.78 is 0. The first-order chi connectivity index (χ1) is 8.04. The smallest absolute Gasteiger partial charge is 0.112 e. The molecule has 1 saturated heterocycles. The summed E-state index contributed by atoms with van der Waals surface area (Å²) in [6, 6.07) is 6.60.